The molecule has 0 spiro atoms. The summed E-state index contributed by atoms with van der Waals surface area (Å²) in [4.78, 5) is 12.0. The molecule has 1 rings (SSSR count). The topological polar surface area (TPSA) is 46.5 Å². The van der Waals surface area contributed by atoms with E-state index in [2.05, 4.69) is 6.92 Å². The van der Waals surface area contributed by atoms with Crippen molar-refractivity contribution in [3.05, 3.63) is 0 Å². The predicted molar refractivity (Wildman–Crippen MR) is 72.1 cm³/mol. The third-order valence-electron chi connectivity index (χ3n) is 4.10. The zero-order valence-electron chi connectivity index (χ0n) is 12.2. The smallest absolute Gasteiger partial charge is 0.311 e. The van der Waals surface area contributed by atoms with Gasteiger partial charge >= 0.3 is 5.97 Å². The Bertz CT molecular complexity index is 262. The van der Waals surface area contributed by atoms with Gasteiger partial charge in [0.1, 0.15) is 0 Å². The van der Waals surface area contributed by atoms with Crippen LogP contribution in [0.2, 0.25) is 0 Å². The molecule has 0 saturated heterocycles. The molecular weight excluding hydrogens is 228 g/mol. The summed E-state index contributed by atoms with van der Waals surface area (Å²) in [6, 6.07) is 0. The van der Waals surface area contributed by atoms with E-state index in [1.165, 1.54) is 6.42 Å². The SMILES string of the molecule is CCOC(=O)C(C(C)C)C(O)C1CCCC(C)C1. The number of hydrogen-bond donors (Lipinski definition) is 1. The van der Waals surface area contributed by atoms with Crippen molar-refractivity contribution >= 4 is 5.97 Å². The van der Waals surface area contributed by atoms with Gasteiger partial charge in [0.25, 0.3) is 0 Å². The van der Waals surface area contributed by atoms with Crippen molar-refractivity contribution in [1.82, 2.24) is 0 Å². The van der Waals surface area contributed by atoms with Crippen LogP contribution >= 0.6 is 0 Å². The van der Waals surface area contributed by atoms with E-state index in [0.29, 0.717) is 12.5 Å². The van der Waals surface area contributed by atoms with Crippen LogP contribution in [0.1, 0.15) is 53.4 Å². The molecule has 1 N–H and O–H groups in total. The minimum absolute atomic E-state index is 0.122. The lowest BCUT2D eigenvalue weighted by atomic mass is 9.74. The molecule has 0 aromatic carbocycles. The van der Waals surface area contributed by atoms with Gasteiger partial charge in [-0.25, -0.2) is 0 Å². The van der Waals surface area contributed by atoms with Crippen molar-refractivity contribution in [1.29, 1.82) is 0 Å². The van der Waals surface area contributed by atoms with Crippen LogP contribution in [0.4, 0.5) is 0 Å². The van der Waals surface area contributed by atoms with Gasteiger partial charge in [-0.3, -0.25) is 4.79 Å². The average Bonchev–Trinajstić information content (AvgIpc) is 2.28. The quantitative estimate of drug-likeness (QED) is 0.769. The average molecular weight is 256 g/mol. The number of aliphatic hydroxyl groups is 1. The Morgan fingerprint density at radius 2 is 2.06 bits per heavy atom. The first-order chi connectivity index (χ1) is 8.47. The van der Waals surface area contributed by atoms with Gasteiger partial charge in [-0.1, -0.05) is 33.6 Å². The zero-order chi connectivity index (χ0) is 13.7. The summed E-state index contributed by atoms with van der Waals surface area (Å²) in [6.45, 7) is 8.39. The number of hydrogen-bond acceptors (Lipinski definition) is 3. The Morgan fingerprint density at radius 1 is 1.39 bits per heavy atom. The monoisotopic (exact) mass is 256 g/mol. The van der Waals surface area contributed by atoms with Gasteiger partial charge in [0.2, 0.25) is 0 Å². The number of carbonyl (C=O) groups excluding carboxylic acids is 1. The van der Waals surface area contributed by atoms with E-state index in [0.717, 1.165) is 19.3 Å². The first-order valence-corrected chi connectivity index (χ1v) is 7.32. The van der Waals surface area contributed by atoms with E-state index < -0.39 is 6.10 Å². The van der Waals surface area contributed by atoms with Crippen LogP contribution < -0.4 is 0 Å². The summed E-state index contributed by atoms with van der Waals surface area (Å²) in [5, 5.41) is 10.5. The van der Waals surface area contributed by atoms with Gasteiger partial charge in [-0.2, -0.15) is 0 Å². The van der Waals surface area contributed by atoms with Crippen molar-refractivity contribution in [3.8, 4) is 0 Å². The number of carbonyl (C=O) groups is 1. The standard InChI is InChI=1S/C15H28O3/c1-5-18-15(17)13(10(2)3)14(16)12-8-6-7-11(4)9-12/h10-14,16H,5-9H2,1-4H3. The highest BCUT2D eigenvalue weighted by atomic mass is 16.5. The molecule has 1 fully saturated rings. The Hall–Kier alpha value is -0.570. The Kier molecular flexibility index (Phi) is 6.13. The molecule has 0 radical (unpaired) electrons. The molecular formula is C15H28O3. The summed E-state index contributed by atoms with van der Waals surface area (Å²) in [5.41, 5.74) is 0. The fraction of sp³-hybridized carbons (Fsp3) is 0.933. The molecule has 0 aromatic heterocycles. The molecule has 3 nitrogen and oxygen atoms in total. The molecule has 0 bridgehead atoms. The fourth-order valence-corrected chi connectivity index (χ4v) is 3.13. The van der Waals surface area contributed by atoms with Crippen LogP contribution in [0.3, 0.4) is 0 Å². The van der Waals surface area contributed by atoms with Gasteiger partial charge < -0.3 is 9.84 Å². The number of esters is 1. The first-order valence-electron chi connectivity index (χ1n) is 7.32. The van der Waals surface area contributed by atoms with Crippen LogP contribution in [0.25, 0.3) is 0 Å². The van der Waals surface area contributed by atoms with Crippen LogP contribution in [0.15, 0.2) is 0 Å². The Balaban J connectivity index is 2.69. The molecule has 4 atom stereocenters. The molecule has 3 heteroatoms. The van der Waals surface area contributed by atoms with Crippen LogP contribution in [-0.4, -0.2) is 23.8 Å². The van der Waals surface area contributed by atoms with Crippen molar-refractivity contribution < 1.29 is 14.6 Å². The van der Waals surface area contributed by atoms with Gasteiger partial charge in [0.15, 0.2) is 0 Å². The summed E-state index contributed by atoms with van der Waals surface area (Å²) in [6.07, 6.45) is 3.93. The maximum absolute atomic E-state index is 12.0. The first kappa shape index (κ1) is 15.5. The van der Waals surface area contributed by atoms with E-state index in [-0.39, 0.29) is 23.7 Å². The number of ether oxygens (including phenoxy) is 1. The van der Waals surface area contributed by atoms with Gasteiger partial charge in [0.05, 0.1) is 18.6 Å². The molecule has 0 aliphatic heterocycles. The largest absolute Gasteiger partial charge is 0.466 e. The van der Waals surface area contributed by atoms with E-state index >= 15 is 0 Å². The Morgan fingerprint density at radius 3 is 2.56 bits per heavy atom. The molecule has 106 valence electrons. The van der Waals surface area contributed by atoms with Crippen molar-refractivity contribution in [2.24, 2.45) is 23.7 Å². The number of aliphatic hydroxyl groups excluding tert-OH is 1. The van der Waals surface area contributed by atoms with Crippen molar-refractivity contribution in [3.63, 3.8) is 0 Å². The minimum atomic E-state index is -0.549. The molecule has 4 unspecified atom stereocenters. The highest BCUT2D eigenvalue weighted by molar-refractivity contribution is 5.73. The van der Waals surface area contributed by atoms with Gasteiger partial charge in [-0.15, -0.1) is 0 Å². The predicted octanol–water partition coefficient (Wildman–Crippen LogP) is 3.01. The van der Waals surface area contributed by atoms with Gasteiger partial charge in [-0.05, 0) is 37.5 Å². The van der Waals surface area contributed by atoms with Gasteiger partial charge in [0, 0.05) is 0 Å². The minimum Gasteiger partial charge on any atom is -0.466 e. The maximum atomic E-state index is 12.0. The van der Waals surface area contributed by atoms with E-state index in [4.69, 9.17) is 4.74 Å². The Labute approximate surface area is 111 Å². The number of rotatable bonds is 5. The van der Waals surface area contributed by atoms with Crippen LogP contribution in [-0.2, 0) is 9.53 Å². The second-order valence-corrected chi connectivity index (χ2v) is 6.04. The fourth-order valence-electron chi connectivity index (χ4n) is 3.13. The van der Waals surface area contributed by atoms with E-state index in [9.17, 15) is 9.90 Å². The van der Waals surface area contributed by atoms with Crippen LogP contribution in [0, 0.1) is 23.7 Å². The highest BCUT2D eigenvalue weighted by Crippen LogP contribution is 2.35. The second-order valence-electron chi connectivity index (χ2n) is 6.04. The highest BCUT2D eigenvalue weighted by Gasteiger charge is 2.37. The normalized spacial score (nSPS) is 27.9. The van der Waals surface area contributed by atoms with Crippen LogP contribution in [0.5, 0.6) is 0 Å². The molecule has 18 heavy (non-hydrogen) atoms. The molecule has 0 heterocycles. The third kappa shape index (κ3) is 3.98. The lowest BCUT2D eigenvalue weighted by Gasteiger charge is -2.35. The van der Waals surface area contributed by atoms with Crippen molar-refractivity contribution in [2.75, 3.05) is 6.61 Å². The molecule has 1 saturated carbocycles. The summed E-state index contributed by atoms with van der Waals surface area (Å²) in [7, 11) is 0. The maximum Gasteiger partial charge on any atom is 0.311 e. The summed E-state index contributed by atoms with van der Waals surface area (Å²) in [5.74, 6) is 0.425. The molecule has 0 aromatic rings. The molecule has 1 aliphatic rings. The zero-order valence-corrected chi connectivity index (χ0v) is 12.2. The lowest BCUT2D eigenvalue weighted by Crippen LogP contribution is -2.40. The molecule has 1 aliphatic carbocycles. The lowest BCUT2D eigenvalue weighted by molar-refractivity contribution is -0.156. The van der Waals surface area contributed by atoms with E-state index in [1.54, 1.807) is 0 Å². The molecule has 0 amide bonds. The third-order valence-corrected chi connectivity index (χ3v) is 4.10. The summed E-state index contributed by atoms with van der Waals surface area (Å²) < 4.78 is 5.11. The summed E-state index contributed by atoms with van der Waals surface area (Å²) >= 11 is 0. The van der Waals surface area contributed by atoms with Crippen molar-refractivity contribution in [2.45, 2.75) is 59.5 Å². The second kappa shape index (κ2) is 7.13. The van der Waals surface area contributed by atoms with E-state index in [1.807, 2.05) is 20.8 Å².